The van der Waals surface area contributed by atoms with E-state index in [1.807, 2.05) is 0 Å². The molecule has 5 rings (SSSR count). The fraction of sp³-hybridized carbons (Fsp3) is 0.107. The number of primary amides is 1. The molecule has 0 aliphatic carbocycles. The first-order valence-corrected chi connectivity index (χ1v) is 16.6. The zero-order valence-electron chi connectivity index (χ0n) is 25.2. The molecule has 2 heterocycles. The second-order valence-electron chi connectivity index (χ2n) is 10.2. The maximum absolute atomic E-state index is 14.5. The van der Waals surface area contributed by atoms with E-state index < -0.39 is 60.2 Å². The van der Waals surface area contributed by atoms with Crippen LogP contribution in [0, 0.1) is 6.08 Å². The van der Waals surface area contributed by atoms with E-state index in [4.69, 9.17) is 5.73 Å². The van der Waals surface area contributed by atoms with Crippen molar-refractivity contribution in [1.82, 2.24) is 19.9 Å². The summed E-state index contributed by atoms with van der Waals surface area (Å²) < 4.78 is 80.6. The first-order chi connectivity index (χ1) is 23.0. The van der Waals surface area contributed by atoms with Crippen molar-refractivity contribution in [2.45, 2.75) is 23.6 Å². The van der Waals surface area contributed by atoms with Crippen molar-refractivity contribution in [3.8, 4) is 0 Å². The summed E-state index contributed by atoms with van der Waals surface area (Å²) >= 11 is 0. The van der Waals surface area contributed by atoms with Gasteiger partial charge in [-0.25, -0.2) is 0 Å². The largest absolute Gasteiger partial charge is 0.365 e. The van der Waals surface area contributed by atoms with Gasteiger partial charge in [0.15, 0.2) is 5.71 Å². The van der Waals surface area contributed by atoms with Gasteiger partial charge in [-0.3, -0.25) is 33.8 Å². The highest BCUT2D eigenvalue weighted by Crippen LogP contribution is 2.29. The van der Waals surface area contributed by atoms with Crippen molar-refractivity contribution in [3.63, 3.8) is 0 Å². The van der Waals surface area contributed by atoms with Crippen molar-refractivity contribution >= 4 is 83.4 Å². The highest BCUT2D eigenvalue weighted by atomic mass is 32.2. The smallest absolute Gasteiger partial charge is 0.315 e. The normalized spacial score (nSPS) is 14.8. The van der Waals surface area contributed by atoms with Gasteiger partial charge in [0.2, 0.25) is 11.9 Å². The minimum Gasteiger partial charge on any atom is -0.365 e. The zero-order chi connectivity index (χ0) is 35.8. The zero-order valence-corrected chi connectivity index (χ0v) is 26.8. The lowest BCUT2D eigenvalue weighted by Gasteiger charge is -2.26. The molecule has 0 saturated carbocycles. The average molecular weight is 714 g/mol. The maximum Gasteiger partial charge on any atom is 0.315 e. The summed E-state index contributed by atoms with van der Waals surface area (Å²) in [4.78, 5) is 48.5. The van der Waals surface area contributed by atoms with Crippen molar-refractivity contribution in [2.75, 3.05) is 22.6 Å². The highest BCUT2D eigenvalue weighted by Gasteiger charge is 2.38. The Morgan fingerprint density at radius 2 is 1.47 bits per heavy atom. The molecule has 18 nitrogen and oxygen atoms in total. The molecule has 0 spiro atoms. The molecule has 0 unspecified atom stereocenters. The molecular weight excluding hydrogens is 689 g/mol. The number of rotatable bonds is 10. The third kappa shape index (κ3) is 7.33. The number of hydrogen-bond acceptors (Lipinski definition) is 14. The van der Waals surface area contributed by atoms with Crippen LogP contribution in [0.15, 0.2) is 80.6 Å². The monoisotopic (exact) mass is 713 g/mol. The quantitative estimate of drug-likeness (QED) is 0.0594. The lowest BCUT2D eigenvalue weighted by Crippen LogP contribution is -2.49. The second-order valence-corrected chi connectivity index (χ2v) is 13.0. The Morgan fingerprint density at radius 3 is 2.06 bits per heavy atom. The molecule has 4 aromatic rings. The number of amides is 3. The Labute approximate surface area is 276 Å². The molecule has 1 aromatic heterocycles. The summed E-state index contributed by atoms with van der Waals surface area (Å²) in [6.45, 7) is 2.60. The van der Waals surface area contributed by atoms with Gasteiger partial charge in [-0.2, -0.15) is 41.3 Å². The van der Waals surface area contributed by atoms with Gasteiger partial charge in [-0.05, 0) is 67.1 Å². The number of aromatic nitrogens is 3. The van der Waals surface area contributed by atoms with Gasteiger partial charge in [0.05, 0.1) is 10.6 Å². The van der Waals surface area contributed by atoms with Crippen LogP contribution < -0.4 is 21.8 Å². The Balaban J connectivity index is 1.44. The Morgan fingerprint density at radius 1 is 0.878 bits per heavy atom. The number of hydrazone groups is 1. The SMILES string of the molecule is CCN1C(=O)C(=NNc2cc(Nc3nc(F)nc(Nc4ccc5cc(S(=O)(=O)O)ccc5c4)n3)ccc2S(=O)(=O)O)C(C)=C(C(N)=O)C1=O. The van der Waals surface area contributed by atoms with E-state index in [9.17, 15) is 44.7 Å². The van der Waals surface area contributed by atoms with Crippen LogP contribution in [-0.4, -0.2) is 75.8 Å². The lowest BCUT2D eigenvalue weighted by molar-refractivity contribution is -0.139. The number of hydrogen-bond donors (Lipinski definition) is 6. The van der Waals surface area contributed by atoms with Crippen molar-refractivity contribution in [2.24, 2.45) is 10.8 Å². The van der Waals surface area contributed by atoms with Gasteiger partial charge in [0.1, 0.15) is 10.5 Å². The fourth-order valence-corrected chi connectivity index (χ4v) is 5.86. The number of carbonyl (C=O) groups is 3. The summed E-state index contributed by atoms with van der Waals surface area (Å²) in [5.41, 5.74) is 6.61. The third-order valence-electron chi connectivity index (χ3n) is 6.98. The third-order valence-corrected chi connectivity index (χ3v) is 8.74. The van der Waals surface area contributed by atoms with Gasteiger partial charge in [-0.1, -0.05) is 12.1 Å². The van der Waals surface area contributed by atoms with E-state index in [0.29, 0.717) is 21.4 Å². The van der Waals surface area contributed by atoms with Gasteiger partial charge < -0.3 is 16.4 Å². The minimum atomic E-state index is -4.87. The molecule has 0 radical (unpaired) electrons. The minimum absolute atomic E-state index is 0.0393. The Bertz CT molecular complexity index is 2370. The number of imide groups is 1. The van der Waals surface area contributed by atoms with Crippen LogP contribution in [0.2, 0.25) is 0 Å². The number of anilines is 5. The summed E-state index contributed by atoms with van der Waals surface area (Å²) in [6, 6.07) is 11.8. The maximum atomic E-state index is 14.5. The first-order valence-electron chi connectivity index (χ1n) is 13.8. The molecule has 0 bridgehead atoms. The fourth-order valence-electron chi connectivity index (χ4n) is 4.72. The number of likely N-dealkylation sites (N-methyl/N-ethyl adjacent to an activating group) is 1. The van der Waals surface area contributed by atoms with Crippen molar-refractivity contribution in [1.29, 1.82) is 0 Å². The Kier molecular flexibility index (Phi) is 9.10. The molecule has 254 valence electrons. The van der Waals surface area contributed by atoms with Gasteiger partial charge in [0, 0.05) is 23.5 Å². The molecule has 0 saturated heterocycles. The van der Waals surface area contributed by atoms with E-state index in [2.05, 4.69) is 36.1 Å². The predicted molar refractivity (Wildman–Crippen MR) is 172 cm³/mol. The van der Waals surface area contributed by atoms with E-state index in [1.165, 1.54) is 44.2 Å². The molecule has 3 amide bonds. The summed E-state index contributed by atoms with van der Waals surface area (Å²) in [5.74, 6) is -3.55. The highest BCUT2D eigenvalue weighted by molar-refractivity contribution is 7.86. The topological polar surface area (TPSA) is 276 Å². The van der Waals surface area contributed by atoms with Crippen LogP contribution >= 0.6 is 0 Å². The average Bonchev–Trinajstić information content (AvgIpc) is 2.99. The molecule has 21 heteroatoms. The van der Waals surface area contributed by atoms with Crippen molar-refractivity contribution < 1.29 is 44.7 Å². The number of nitrogens with zero attached hydrogens (tertiary/aromatic N) is 5. The number of benzene rings is 3. The van der Waals surface area contributed by atoms with E-state index >= 15 is 0 Å². The van der Waals surface area contributed by atoms with Crippen LogP contribution in [0.1, 0.15) is 13.8 Å². The first kappa shape index (κ1) is 34.4. The summed E-state index contributed by atoms with van der Waals surface area (Å²) in [6.07, 6.45) is -1.21. The molecule has 7 N–H and O–H groups in total. The molecule has 3 aromatic carbocycles. The predicted octanol–water partition coefficient (Wildman–Crippen LogP) is 2.10. The van der Waals surface area contributed by atoms with Crippen LogP contribution in [-0.2, 0) is 34.6 Å². The Hall–Kier alpha value is -5.90. The van der Waals surface area contributed by atoms with Gasteiger partial charge in [-0.15, -0.1) is 0 Å². The van der Waals surface area contributed by atoms with Gasteiger partial charge >= 0.3 is 6.08 Å². The molecule has 0 fully saturated rings. The molecule has 0 atom stereocenters. The number of nitrogens with one attached hydrogen (secondary N) is 3. The standard InChI is InChI=1S/C28H24FN9O9S2/c1-3-38-24(40)21(23(30)39)13(2)22(25(38)41)37-36-19-12-17(7-9-20(19)49(45,46)47)32-28-34-26(29)33-27(35-28)31-16-6-4-15-11-18(48(42,43)44)8-5-14(15)10-16/h4-12,36H,3H2,1-2H3,(H2,30,39)(H,42,43,44)(H,45,46,47)(H2,31,32,33,34,35). The van der Waals surface area contributed by atoms with Gasteiger partial charge in [0.25, 0.3) is 38.0 Å². The second kappa shape index (κ2) is 13.0. The summed E-state index contributed by atoms with van der Waals surface area (Å²) in [5, 5.41) is 10.4. The van der Waals surface area contributed by atoms with Crippen LogP contribution in [0.5, 0.6) is 0 Å². The van der Waals surface area contributed by atoms with Crippen LogP contribution in [0.25, 0.3) is 10.8 Å². The number of nitrogens with two attached hydrogens (primary N) is 1. The number of fused-ring (bicyclic) bond motifs is 1. The van der Waals surface area contributed by atoms with E-state index in [1.54, 1.807) is 12.1 Å². The van der Waals surface area contributed by atoms with E-state index in [0.717, 1.165) is 12.1 Å². The number of halogens is 1. The van der Waals surface area contributed by atoms with Crippen molar-refractivity contribution in [3.05, 3.63) is 71.8 Å². The van der Waals surface area contributed by atoms with Crippen LogP contribution in [0.4, 0.5) is 33.3 Å². The molecular formula is C28H24FN9O9S2. The molecule has 1 aliphatic rings. The summed E-state index contributed by atoms with van der Waals surface area (Å²) in [7, 11) is -9.28. The number of carbonyl (C=O) groups excluding carboxylic acids is 3. The molecule has 1 aliphatic heterocycles. The van der Waals surface area contributed by atoms with Crippen LogP contribution in [0.3, 0.4) is 0 Å². The molecule has 49 heavy (non-hydrogen) atoms. The van der Waals surface area contributed by atoms with E-state index in [-0.39, 0.29) is 40.3 Å². The lowest BCUT2D eigenvalue weighted by atomic mass is 9.97.